The summed E-state index contributed by atoms with van der Waals surface area (Å²) in [6.07, 6.45) is 1.50. The number of aromatic nitrogens is 1. The Bertz CT molecular complexity index is 470. The van der Waals surface area contributed by atoms with Gasteiger partial charge < -0.3 is 0 Å². The maximum atomic E-state index is 13.1. The predicted molar refractivity (Wildman–Crippen MR) is 49.4 cm³/mol. The zero-order chi connectivity index (χ0) is 9.42. The first-order valence-electron chi connectivity index (χ1n) is 3.57. The van der Waals surface area contributed by atoms with Gasteiger partial charge in [0.1, 0.15) is 11.6 Å². The van der Waals surface area contributed by atoms with Crippen molar-refractivity contribution in [1.29, 1.82) is 0 Å². The van der Waals surface area contributed by atoms with Crippen LogP contribution in [0.5, 0.6) is 0 Å². The first-order chi connectivity index (χ1) is 6.16. The SMILES string of the molecule is Fc1cc(F)c2cc(Br)cnc2c1. The molecule has 0 radical (unpaired) electrons. The molecule has 2 aromatic rings. The molecule has 1 nitrogen and oxygen atoms in total. The lowest BCUT2D eigenvalue weighted by Gasteiger charge is -1.99. The number of nitrogens with zero attached hydrogens (tertiary/aromatic N) is 1. The largest absolute Gasteiger partial charge is 0.255 e. The third kappa shape index (κ3) is 1.54. The maximum absolute atomic E-state index is 13.1. The smallest absolute Gasteiger partial charge is 0.135 e. The standard InChI is InChI=1S/C9H4BrF2N/c10-5-1-7-8(12)2-6(11)3-9(7)13-4-5/h1-4H. The van der Waals surface area contributed by atoms with E-state index in [0.717, 1.165) is 6.07 Å². The van der Waals surface area contributed by atoms with Crippen molar-refractivity contribution in [1.82, 2.24) is 4.98 Å². The molecule has 0 atom stereocenters. The van der Waals surface area contributed by atoms with Crippen molar-refractivity contribution in [3.63, 3.8) is 0 Å². The Morgan fingerprint density at radius 2 is 1.92 bits per heavy atom. The lowest BCUT2D eigenvalue weighted by molar-refractivity contribution is 0.591. The van der Waals surface area contributed by atoms with Gasteiger partial charge in [0.15, 0.2) is 0 Å². The van der Waals surface area contributed by atoms with E-state index in [1.807, 2.05) is 0 Å². The number of pyridine rings is 1. The minimum atomic E-state index is -0.611. The molecule has 0 amide bonds. The van der Waals surface area contributed by atoms with Crippen molar-refractivity contribution < 1.29 is 8.78 Å². The molecule has 0 bridgehead atoms. The molecule has 1 heterocycles. The molecule has 0 spiro atoms. The van der Waals surface area contributed by atoms with E-state index in [-0.39, 0.29) is 0 Å². The van der Waals surface area contributed by atoms with Crippen molar-refractivity contribution in [3.05, 3.63) is 40.5 Å². The van der Waals surface area contributed by atoms with E-state index in [4.69, 9.17) is 0 Å². The van der Waals surface area contributed by atoms with Gasteiger partial charge in [0, 0.05) is 28.2 Å². The highest BCUT2D eigenvalue weighted by Crippen LogP contribution is 2.21. The number of hydrogen-bond donors (Lipinski definition) is 0. The van der Waals surface area contributed by atoms with Crippen molar-refractivity contribution >= 4 is 26.8 Å². The van der Waals surface area contributed by atoms with Crippen LogP contribution < -0.4 is 0 Å². The van der Waals surface area contributed by atoms with Gasteiger partial charge in [-0.1, -0.05) is 0 Å². The average molecular weight is 244 g/mol. The van der Waals surface area contributed by atoms with Gasteiger partial charge in [0.2, 0.25) is 0 Å². The third-order valence-corrected chi connectivity index (χ3v) is 2.12. The van der Waals surface area contributed by atoms with Crippen LogP contribution in [0.2, 0.25) is 0 Å². The van der Waals surface area contributed by atoms with Crippen LogP contribution >= 0.6 is 15.9 Å². The second kappa shape index (κ2) is 3.03. The number of fused-ring (bicyclic) bond motifs is 1. The number of rotatable bonds is 0. The molecule has 0 aliphatic carbocycles. The summed E-state index contributed by atoms with van der Waals surface area (Å²) in [4.78, 5) is 3.88. The summed E-state index contributed by atoms with van der Waals surface area (Å²) in [7, 11) is 0. The summed E-state index contributed by atoms with van der Waals surface area (Å²) in [5.74, 6) is -1.20. The monoisotopic (exact) mass is 243 g/mol. The molecule has 1 aromatic carbocycles. The van der Waals surface area contributed by atoms with Crippen LogP contribution in [0.4, 0.5) is 8.78 Å². The minimum absolute atomic E-state index is 0.316. The Balaban J connectivity index is 2.87. The Labute approximate surface area is 81.5 Å². The van der Waals surface area contributed by atoms with Gasteiger partial charge in [0.25, 0.3) is 0 Å². The first kappa shape index (κ1) is 8.56. The van der Waals surface area contributed by atoms with E-state index >= 15 is 0 Å². The molecule has 0 saturated carbocycles. The highest BCUT2D eigenvalue weighted by Gasteiger charge is 2.04. The van der Waals surface area contributed by atoms with E-state index in [1.54, 1.807) is 6.07 Å². The molecule has 2 rings (SSSR count). The van der Waals surface area contributed by atoms with Crippen LogP contribution in [0.25, 0.3) is 10.9 Å². The van der Waals surface area contributed by atoms with Crippen molar-refractivity contribution in [2.24, 2.45) is 0 Å². The van der Waals surface area contributed by atoms with Gasteiger partial charge in [-0.15, -0.1) is 0 Å². The second-order valence-electron chi connectivity index (χ2n) is 2.61. The van der Waals surface area contributed by atoms with Gasteiger partial charge in [-0.3, -0.25) is 4.98 Å². The lowest BCUT2D eigenvalue weighted by Crippen LogP contribution is -1.86. The van der Waals surface area contributed by atoms with Crippen molar-refractivity contribution in [2.75, 3.05) is 0 Å². The van der Waals surface area contributed by atoms with Gasteiger partial charge in [-0.05, 0) is 22.0 Å². The summed E-state index contributed by atoms with van der Waals surface area (Å²) >= 11 is 3.16. The average Bonchev–Trinajstić information content (AvgIpc) is 2.06. The second-order valence-corrected chi connectivity index (χ2v) is 3.52. The van der Waals surface area contributed by atoms with E-state index in [9.17, 15) is 8.78 Å². The normalized spacial score (nSPS) is 10.7. The topological polar surface area (TPSA) is 12.9 Å². The van der Waals surface area contributed by atoms with Crippen molar-refractivity contribution in [3.8, 4) is 0 Å². The highest BCUT2D eigenvalue weighted by molar-refractivity contribution is 9.10. The Morgan fingerprint density at radius 1 is 1.15 bits per heavy atom. The van der Waals surface area contributed by atoms with E-state index in [0.29, 0.717) is 15.4 Å². The van der Waals surface area contributed by atoms with Crippen LogP contribution in [-0.2, 0) is 0 Å². The van der Waals surface area contributed by atoms with Crippen LogP contribution in [0.3, 0.4) is 0 Å². The zero-order valence-corrected chi connectivity index (χ0v) is 7.98. The fourth-order valence-corrected chi connectivity index (χ4v) is 1.46. The Hall–Kier alpha value is -1.03. The summed E-state index contributed by atoms with van der Waals surface area (Å²) in [6, 6.07) is 3.61. The molecule has 4 heteroatoms. The fourth-order valence-electron chi connectivity index (χ4n) is 1.13. The fraction of sp³-hybridized carbons (Fsp3) is 0. The molecular formula is C9H4BrF2N. The maximum Gasteiger partial charge on any atom is 0.135 e. The van der Waals surface area contributed by atoms with Crippen LogP contribution in [-0.4, -0.2) is 4.98 Å². The molecule has 66 valence electrons. The predicted octanol–water partition coefficient (Wildman–Crippen LogP) is 3.28. The molecule has 1 aromatic heterocycles. The van der Waals surface area contributed by atoms with E-state index < -0.39 is 11.6 Å². The molecule has 0 fully saturated rings. The molecule has 0 N–H and O–H groups in total. The van der Waals surface area contributed by atoms with Crippen LogP contribution in [0.15, 0.2) is 28.9 Å². The molecule has 0 aliphatic rings. The summed E-state index contributed by atoms with van der Waals surface area (Å²) in [5, 5.41) is 0.316. The van der Waals surface area contributed by atoms with Gasteiger partial charge in [-0.25, -0.2) is 8.78 Å². The van der Waals surface area contributed by atoms with Crippen molar-refractivity contribution in [2.45, 2.75) is 0 Å². The van der Waals surface area contributed by atoms with Gasteiger partial charge >= 0.3 is 0 Å². The molecule has 0 unspecified atom stereocenters. The third-order valence-electron chi connectivity index (χ3n) is 1.68. The number of hydrogen-bond acceptors (Lipinski definition) is 1. The minimum Gasteiger partial charge on any atom is -0.255 e. The summed E-state index contributed by atoms with van der Waals surface area (Å²) in [6.45, 7) is 0. The summed E-state index contributed by atoms with van der Waals surface area (Å²) in [5.41, 5.74) is 0.320. The van der Waals surface area contributed by atoms with Gasteiger partial charge in [0.05, 0.1) is 5.52 Å². The molecule has 13 heavy (non-hydrogen) atoms. The van der Waals surface area contributed by atoms with E-state index in [1.165, 1.54) is 12.3 Å². The number of halogens is 3. The first-order valence-corrected chi connectivity index (χ1v) is 4.36. The quantitative estimate of drug-likeness (QED) is 0.692. The highest BCUT2D eigenvalue weighted by atomic mass is 79.9. The Kier molecular flexibility index (Phi) is 2.00. The number of benzene rings is 1. The Morgan fingerprint density at radius 3 is 2.69 bits per heavy atom. The molecule has 0 saturated heterocycles. The molecule has 0 aliphatic heterocycles. The van der Waals surface area contributed by atoms with Crippen LogP contribution in [0, 0.1) is 11.6 Å². The van der Waals surface area contributed by atoms with Crippen LogP contribution in [0.1, 0.15) is 0 Å². The summed E-state index contributed by atoms with van der Waals surface area (Å²) < 4.78 is 26.5. The van der Waals surface area contributed by atoms with E-state index in [2.05, 4.69) is 20.9 Å². The van der Waals surface area contributed by atoms with Gasteiger partial charge in [-0.2, -0.15) is 0 Å². The lowest BCUT2D eigenvalue weighted by atomic mass is 10.2. The zero-order valence-electron chi connectivity index (χ0n) is 6.39. The molecular weight excluding hydrogens is 240 g/mol.